The normalized spacial score (nSPS) is 10.2. The van der Waals surface area contributed by atoms with Crippen LogP contribution in [0.4, 0.5) is 0 Å². The summed E-state index contributed by atoms with van der Waals surface area (Å²) >= 11 is 2.58. The Kier molecular flexibility index (Phi) is 4.75. The Bertz CT molecular complexity index is 640. The molecule has 0 spiro atoms. The summed E-state index contributed by atoms with van der Waals surface area (Å²) in [5.41, 5.74) is 0.352. The summed E-state index contributed by atoms with van der Waals surface area (Å²) in [5.74, 6) is -1.15. The molecular formula is C13H12N2O3S2. The molecule has 2 aromatic rings. The van der Waals surface area contributed by atoms with Crippen molar-refractivity contribution in [3.8, 4) is 0 Å². The maximum Gasteiger partial charge on any atom is 0.345 e. The van der Waals surface area contributed by atoms with Crippen molar-refractivity contribution in [1.29, 1.82) is 0 Å². The van der Waals surface area contributed by atoms with Gasteiger partial charge in [-0.2, -0.15) is 0 Å². The Morgan fingerprint density at radius 2 is 2.20 bits per heavy atom. The first kappa shape index (κ1) is 14.5. The van der Waals surface area contributed by atoms with E-state index in [4.69, 9.17) is 5.11 Å². The van der Waals surface area contributed by atoms with Crippen LogP contribution in [0.5, 0.6) is 0 Å². The molecule has 104 valence electrons. The summed E-state index contributed by atoms with van der Waals surface area (Å²) in [6.07, 6.45) is 1.57. The molecule has 0 bridgehead atoms. The van der Waals surface area contributed by atoms with E-state index >= 15 is 0 Å². The monoisotopic (exact) mass is 308 g/mol. The summed E-state index contributed by atoms with van der Waals surface area (Å²) < 4.78 is 0. The van der Waals surface area contributed by atoms with Gasteiger partial charge in [0.05, 0.1) is 0 Å². The quantitative estimate of drug-likeness (QED) is 0.888. The van der Waals surface area contributed by atoms with Gasteiger partial charge < -0.3 is 10.4 Å². The Balaban J connectivity index is 2.14. The number of aromatic carboxylic acids is 1. The second-order valence-corrected chi connectivity index (χ2v) is 5.85. The number of carboxylic acids is 1. The highest BCUT2D eigenvalue weighted by molar-refractivity contribution is 7.99. The molecule has 0 radical (unpaired) electrons. The number of aromatic nitrogens is 1. The Morgan fingerprint density at radius 3 is 2.85 bits per heavy atom. The van der Waals surface area contributed by atoms with Gasteiger partial charge in [0, 0.05) is 27.9 Å². The highest BCUT2D eigenvalue weighted by Crippen LogP contribution is 2.31. The molecule has 5 nitrogen and oxygen atoms in total. The molecule has 0 fully saturated rings. The molecule has 2 heterocycles. The van der Waals surface area contributed by atoms with E-state index in [0.717, 1.165) is 9.79 Å². The van der Waals surface area contributed by atoms with Crippen LogP contribution in [-0.4, -0.2) is 28.5 Å². The van der Waals surface area contributed by atoms with E-state index in [1.54, 1.807) is 29.8 Å². The van der Waals surface area contributed by atoms with Crippen molar-refractivity contribution in [2.45, 2.75) is 16.7 Å². The fraction of sp³-hybridized carbons (Fsp3) is 0.154. The van der Waals surface area contributed by atoms with Crippen molar-refractivity contribution >= 4 is 35.0 Å². The first-order valence-electron chi connectivity index (χ1n) is 5.84. The van der Waals surface area contributed by atoms with Gasteiger partial charge in [-0.05, 0) is 25.1 Å². The average Bonchev–Trinajstić information content (AvgIpc) is 2.88. The third-order valence-electron chi connectivity index (χ3n) is 2.32. The molecule has 0 unspecified atom stereocenters. The molecule has 7 heteroatoms. The molecule has 1 amide bonds. The van der Waals surface area contributed by atoms with Crippen molar-refractivity contribution in [2.75, 3.05) is 6.54 Å². The second kappa shape index (κ2) is 6.53. The van der Waals surface area contributed by atoms with Gasteiger partial charge in [-0.3, -0.25) is 9.78 Å². The molecule has 0 atom stereocenters. The Morgan fingerprint density at radius 1 is 1.40 bits per heavy atom. The zero-order valence-corrected chi connectivity index (χ0v) is 12.3. The number of rotatable bonds is 5. The number of pyridine rings is 1. The topological polar surface area (TPSA) is 79.3 Å². The number of carbonyl (C=O) groups excluding carboxylic acids is 1. The van der Waals surface area contributed by atoms with Crippen molar-refractivity contribution < 1.29 is 14.7 Å². The van der Waals surface area contributed by atoms with Crippen molar-refractivity contribution in [2.24, 2.45) is 0 Å². The molecule has 2 rings (SSSR count). The molecule has 0 saturated carbocycles. The number of hydrogen-bond acceptors (Lipinski definition) is 5. The number of thiophene rings is 1. The molecule has 0 aliphatic carbocycles. The molecule has 0 aromatic carbocycles. The van der Waals surface area contributed by atoms with Gasteiger partial charge in [0.2, 0.25) is 0 Å². The van der Waals surface area contributed by atoms with E-state index in [0.29, 0.717) is 17.1 Å². The zero-order valence-electron chi connectivity index (χ0n) is 10.6. The summed E-state index contributed by atoms with van der Waals surface area (Å²) in [7, 11) is 0. The largest absolute Gasteiger partial charge is 0.477 e. The molecule has 0 saturated heterocycles. The fourth-order valence-corrected chi connectivity index (χ4v) is 3.24. The predicted molar refractivity (Wildman–Crippen MR) is 77.6 cm³/mol. The average molecular weight is 308 g/mol. The highest BCUT2D eigenvalue weighted by atomic mass is 32.2. The number of nitrogens with zero attached hydrogens (tertiary/aromatic N) is 1. The van der Waals surface area contributed by atoms with Crippen LogP contribution >= 0.6 is 23.1 Å². The summed E-state index contributed by atoms with van der Waals surface area (Å²) in [6.45, 7) is 2.39. The third kappa shape index (κ3) is 3.58. The van der Waals surface area contributed by atoms with E-state index in [2.05, 4.69) is 10.3 Å². The highest BCUT2D eigenvalue weighted by Gasteiger charge is 2.10. The van der Waals surface area contributed by atoms with E-state index in [-0.39, 0.29) is 5.91 Å². The van der Waals surface area contributed by atoms with E-state index in [9.17, 15) is 9.59 Å². The van der Waals surface area contributed by atoms with E-state index in [1.165, 1.54) is 23.1 Å². The first-order valence-corrected chi connectivity index (χ1v) is 7.53. The van der Waals surface area contributed by atoms with Gasteiger partial charge >= 0.3 is 5.97 Å². The van der Waals surface area contributed by atoms with Gasteiger partial charge in [-0.15, -0.1) is 11.3 Å². The van der Waals surface area contributed by atoms with Gasteiger partial charge in [0.15, 0.2) is 0 Å². The lowest BCUT2D eigenvalue weighted by molar-refractivity contribution is 0.0701. The first-order chi connectivity index (χ1) is 9.60. The maximum absolute atomic E-state index is 11.7. The molecule has 2 N–H and O–H groups in total. The van der Waals surface area contributed by atoms with Crippen LogP contribution in [0.3, 0.4) is 0 Å². The number of carboxylic acid groups (broad SMARTS) is 1. The van der Waals surface area contributed by atoms with Crippen molar-refractivity contribution in [3.05, 3.63) is 40.3 Å². The minimum Gasteiger partial charge on any atom is -0.477 e. The molecule has 2 aromatic heterocycles. The predicted octanol–water partition coefficient (Wildman–Crippen LogP) is 2.74. The van der Waals surface area contributed by atoms with Crippen LogP contribution in [0.1, 0.15) is 27.1 Å². The van der Waals surface area contributed by atoms with Crippen LogP contribution in [0.25, 0.3) is 0 Å². The standard InChI is InChI=1S/C13H12N2O3S2/c1-2-14-12(16)10-5-8(3-4-15-10)20-9-6-11(13(17)18)19-7-9/h3-7H,2H2,1H3,(H,14,16)(H,17,18). The number of nitrogens with one attached hydrogen (secondary N) is 1. The SMILES string of the molecule is CCNC(=O)c1cc(Sc2csc(C(=O)O)c2)ccn1. The molecular weight excluding hydrogens is 296 g/mol. The summed E-state index contributed by atoms with van der Waals surface area (Å²) in [6, 6.07) is 5.09. The minimum atomic E-state index is -0.931. The van der Waals surface area contributed by atoms with Crippen LogP contribution < -0.4 is 5.32 Å². The summed E-state index contributed by atoms with van der Waals surface area (Å²) in [4.78, 5) is 28.5. The molecule has 0 aliphatic rings. The van der Waals surface area contributed by atoms with Crippen molar-refractivity contribution in [3.63, 3.8) is 0 Å². The van der Waals surface area contributed by atoms with E-state index < -0.39 is 5.97 Å². The molecule has 0 aliphatic heterocycles. The lowest BCUT2D eigenvalue weighted by Gasteiger charge is -2.03. The Hall–Kier alpha value is -1.86. The number of hydrogen-bond donors (Lipinski definition) is 2. The number of amides is 1. The third-order valence-corrected chi connectivity index (χ3v) is 4.35. The van der Waals surface area contributed by atoms with Crippen molar-refractivity contribution in [1.82, 2.24) is 10.3 Å². The van der Waals surface area contributed by atoms with Crippen LogP contribution in [0.15, 0.2) is 39.6 Å². The summed E-state index contributed by atoms with van der Waals surface area (Å²) in [5, 5.41) is 13.3. The smallest absolute Gasteiger partial charge is 0.345 e. The van der Waals surface area contributed by atoms with Gasteiger partial charge in [-0.1, -0.05) is 11.8 Å². The van der Waals surface area contributed by atoms with Gasteiger partial charge in [0.1, 0.15) is 10.6 Å². The molecule has 20 heavy (non-hydrogen) atoms. The second-order valence-electron chi connectivity index (χ2n) is 3.79. The lowest BCUT2D eigenvalue weighted by atomic mass is 10.3. The van der Waals surface area contributed by atoms with Gasteiger partial charge in [0.25, 0.3) is 5.91 Å². The zero-order chi connectivity index (χ0) is 14.5. The maximum atomic E-state index is 11.7. The van der Waals surface area contributed by atoms with Crippen LogP contribution in [0.2, 0.25) is 0 Å². The van der Waals surface area contributed by atoms with Crippen LogP contribution in [-0.2, 0) is 0 Å². The van der Waals surface area contributed by atoms with E-state index in [1.807, 2.05) is 6.92 Å². The minimum absolute atomic E-state index is 0.216. The fourth-order valence-electron chi connectivity index (χ4n) is 1.47. The van der Waals surface area contributed by atoms with Gasteiger partial charge in [-0.25, -0.2) is 4.79 Å². The lowest BCUT2D eigenvalue weighted by Crippen LogP contribution is -2.23. The Labute approximate surface area is 124 Å². The van der Waals surface area contributed by atoms with Crippen LogP contribution in [0, 0.1) is 0 Å². The number of carbonyl (C=O) groups is 2.